The molecule has 0 aromatic heterocycles. The second kappa shape index (κ2) is 8.75. The van der Waals surface area contributed by atoms with Gasteiger partial charge in [0.05, 0.1) is 14.2 Å². The molecule has 1 aliphatic rings. The molecule has 2 aromatic rings. The average molecular weight is 383 g/mol. The highest BCUT2D eigenvalue weighted by atomic mass is 16.5. The number of hydrogen-bond donors (Lipinski definition) is 2. The van der Waals surface area contributed by atoms with Crippen LogP contribution in [-0.4, -0.2) is 57.1 Å². The molecule has 148 valence electrons. The first-order chi connectivity index (χ1) is 13.5. The largest absolute Gasteiger partial charge is 0.493 e. The van der Waals surface area contributed by atoms with Crippen LogP contribution < -0.4 is 20.1 Å². The maximum Gasteiger partial charge on any atom is 0.255 e. The number of nitrogens with zero attached hydrogens (tertiary/aromatic N) is 1. The van der Waals surface area contributed by atoms with Crippen molar-refractivity contribution in [1.29, 1.82) is 0 Å². The van der Waals surface area contributed by atoms with Crippen LogP contribution >= 0.6 is 0 Å². The number of methoxy groups -OCH3 is 2. The topological polar surface area (TPSA) is 79.9 Å². The van der Waals surface area contributed by atoms with E-state index in [0.717, 1.165) is 18.7 Å². The van der Waals surface area contributed by atoms with E-state index in [0.29, 0.717) is 41.4 Å². The van der Waals surface area contributed by atoms with Gasteiger partial charge < -0.3 is 25.0 Å². The van der Waals surface area contributed by atoms with E-state index >= 15 is 0 Å². The number of carbonyl (C=O) groups excluding carboxylic acids is 2. The van der Waals surface area contributed by atoms with Crippen molar-refractivity contribution in [1.82, 2.24) is 10.2 Å². The van der Waals surface area contributed by atoms with Crippen molar-refractivity contribution in [3.05, 3.63) is 53.1 Å². The van der Waals surface area contributed by atoms with Crippen LogP contribution in [0.15, 0.2) is 36.4 Å². The zero-order chi connectivity index (χ0) is 20.1. The number of anilines is 1. The lowest BCUT2D eigenvalue weighted by atomic mass is 10.1. The maximum atomic E-state index is 12.7. The van der Waals surface area contributed by atoms with Crippen LogP contribution in [0.2, 0.25) is 0 Å². The predicted octanol–water partition coefficient (Wildman–Crippen LogP) is 2.31. The van der Waals surface area contributed by atoms with Crippen LogP contribution in [0.4, 0.5) is 5.69 Å². The standard InChI is InChI=1S/C21H25N3O4/c1-14-4-5-16(21(26)24-10-8-22-9-11-24)12-17(14)23-20(25)15-6-7-18(27-2)19(13-15)28-3/h4-7,12-13,22H,8-11H2,1-3H3,(H,23,25). The Hall–Kier alpha value is -3.06. The Morgan fingerprint density at radius 1 is 0.964 bits per heavy atom. The van der Waals surface area contributed by atoms with Crippen molar-refractivity contribution in [3.63, 3.8) is 0 Å². The normalized spacial score (nSPS) is 13.8. The van der Waals surface area contributed by atoms with E-state index in [4.69, 9.17) is 9.47 Å². The van der Waals surface area contributed by atoms with Gasteiger partial charge >= 0.3 is 0 Å². The zero-order valence-corrected chi connectivity index (χ0v) is 16.4. The van der Waals surface area contributed by atoms with Gasteiger partial charge in [0.1, 0.15) is 0 Å². The van der Waals surface area contributed by atoms with Gasteiger partial charge in [-0.05, 0) is 42.8 Å². The molecular weight excluding hydrogens is 358 g/mol. The van der Waals surface area contributed by atoms with E-state index in [-0.39, 0.29) is 11.8 Å². The predicted molar refractivity (Wildman–Crippen MR) is 107 cm³/mol. The number of piperazine rings is 1. The van der Waals surface area contributed by atoms with E-state index in [1.165, 1.54) is 7.11 Å². The number of ether oxygens (including phenoxy) is 2. The lowest BCUT2D eigenvalue weighted by molar-refractivity contribution is 0.0735. The van der Waals surface area contributed by atoms with Crippen LogP contribution in [0.25, 0.3) is 0 Å². The number of benzene rings is 2. The summed E-state index contributed by atoms with van der Waals surface area (Å²) in [5.74, 6) is 0.729. The van der Waals surface area contributed by atoms with Crippen molar-refractivity contribution < 1.29 is 19.1 Å². The third kappa shape index (κ3) is 4.26. The molecule has 0 atom stereocenters. The molecule has 7 heteroatoms. The smallest absolute Gasteiger partial charge is 0.255 e. The van der Waals surface area contributed by atoms with Crippen molar-refractivity contribution in [2.75, 3.05) is 45.7 Å². The summed E-state index contributed by atoms with van der Waals surface area (Å²) in [6.07, 6.45) is 0. The molecule has 0 bridgehead atoms. The summed E-state index contributed by atoms with van der Waals surface area (Å²) < 4.78 is 10.5. The number of amides is 2. The molecule has 1 saturated heterocycles. The molecule has 0 unspecified atom stereocenters. The second-order valence-electron chi connectivity index (χ2n) is 6.60. The average Bonchev–Trinajstić information content (AvgIpc) is 2.74. The van der Waals surface area contributed by atoms with Crippen LogP contribution in [0, 0.1) is 6.92 Å². The van der Waals surface area contributed by atoms with Gasteiger partial charge in [-0.15, -0.1) is 0 Å². The van der Waals surface area contributed by atoms with Crippen LogP contribution in [0.5, 0.6) is 11.5 Å². The first-order valence-electron chi connectivity index (χ1n) is 9.17. The van der Waals surface area contributed by atoms with Crippen LogP contribution in [0.3, 0.4) is 0 Å². The lowest BCUT2D eigenvalue weighted by Gasteiger charge is -2.27. The van der Waals surface area contributed by atoms with Crippen molar-refractivity contribution in [2.45, 2.75) is 6.92 Å². The number of aryl methyl sites for hydroxylation is 1. The minimum atomic E-state index is -0.282. The summed E-state index contributed by atoms with van der Waals surface area (Å²) in [5, 5.41) is 6.13. The Balaban J connectivity index is 1.80. The maximum absolute atomic E-state index is 12.7. The van der Waals surface area contributed by atoms with E-state index in [9.17, 15) is 9.59 Å². The van der Waals surface area contributed by atoms with Crippen LogP contribution in [-0.2, 0) is 0 Å². The first kappa shape index (κ1) is 19.7. The van der Waals surface area contributed by atoms with Gasteiger partial charge in [-0.2, -0.15) is 0 Å². The molecule has 0 aliphatic carbocycles. The summed E-state index contributed by atoms with van der Waals surface area (Å²) in [4.78, 5) is 27.3. The number of rotatable bonds is 5. The fourth-order valence-electron chi connectivity index (χ4n) is 3.11. The molecule has 1 heterocycles. The highest BCUT2D eigenvalue weighted by Gasteiger charge is 2.19. The summed E-state index contributed by atoms with van der Waals surface area (Å²) in [7, 11) is 3.07. The molecule has 2 amide bonds. The molecule has 2 N–H and O–H groups in total. The Morgan fingerprint density at radius 3 is 2.32 bits per heavy atom. The van der Waals surface area contributed by atoms with Crippen molar-refractivity contribution in [3.8, 4) is 11.5 Å². The highest BCUT2D eigenvalue weighted by Crippen LogP contribution is 2.28. The van der Waals surface area contributed by atoms with Crippen LogP contribution in [0.1, 0.15) is 26.3 Å². The summed E-state index contributed by atoms with van der Waals surface area (Å²) >= 11 is 0. The fraction of sp³-hybridized carbons (Fsp3) is 0.333. The van der Waals surface area contributed by atoms with Crippen molar-refractivity contribution in [2.24, 2.45) is 0 Å². The third-order valence-corrected chi connectivity index (χ3v) is 4.78. The summed E-state index contributed by atoms with van der Waals surface area (Å²) in [6, 6.07) is 10.4. The van der Waals surface area contributed by atoms with Gasteiger partial charge in [0.2, 0.25) is 0 Å². The molecule has 0 saturated carbocycles. The monoisotopic (exact) mass is 383 g/mol. The number of carbonyl (C=O) groups is 2. The van der Waals surface area contributed by atoms with E-state index in [1.807, 2.05) is 17.9 Å². The summed E-state index contributed by atoms with van der Waals surface area (Å²) in [5.41, 5.74) is 2.50. The Morgan fingerprint density at radius 2 is 1.64 bits per heavy atom. The van der Waals surface area contributed by atoms with E-state index < -0.39 is 0 Å². The van der Waals surface area contributed by atoms with Crippen molar-refractivity contribution >= 4 is 17.5 Å². The van der Waals surface area contributed by atoms with Gasteiger partial charge in [0.15, 0.2) is 11.5 Å². The minimum Gasteiger partial charge on any atom is -0.493 e. The molecule has 2 aromatic carbocycles. The van der Waals surface area contributed by atoms with E-state index in [1.54, 1.807) is 37.4 Å². The van der Waals surface area contributed by atoms with Gasteiger partial charge in [0, 0.05) is 43.0 Å². The molecular formula is C21H25N3O4. The molecule has 1 fully saturated rings. The first-order valence-corrected chi connectivity index (χ1v) is 9.17. The van der Waals surface area contributed by atoms with Gasteiger partial charge in [-0.1, -0.05) is 6.07 Å². The fourth-order valence-corrected chi connectivity index (χ4v) is 3.11. The molecule has 0 spiro atoms. The Kier molecular flexibility index (Phi) is 6.16. The molecule has 0 radical (unpaired) electrons. The highest BCUT2D eigenvalue weighted by molar-refractivity contribution is 6.06. The Labute approximate surface area is 164 Å². The zero-order valence-electron chi connectivity index (χ0n) is 16.4. The van der Waals surface area contributed by atoms with E-state index in [2.05, 4.69) is 10.6 Å². The quantitative estimate of drug-likeness (QED) is 0.828. The lowest BCUT2D eigenvalue weighted by Crippen LogP contribution is -2.46. The minimum absolute atomic E-state index is 0.0249. The summed E-state index contributed by atoms with van der Waals surface area (Å²) in [6.45, 7) is 4.84. The van der Waals surface area contributed by atoms with Gasteiger partial charge in [0.25, 0.3) is 11.8 Å². The Bertz CT molecular complexity index is 876. The molecule has 1 aliphatic heterocycles. The number of nitrogens with one attached hydrogen (secondary N) is 2. The second-order valence-corrected chi connectivity index (χ2v) is 6.60. The SMILES string of the molecule is COc1ccc(C(=O)Nc2cc(C(=O)N3CCNCC3)ccc2C)cc1OC. The molecule has 7 nitrogen and oxygen atoms in total. The number of hydrogen-bond acceptors (Lipinski definition) is 5. The molecule has 28 heavy (non-hydrogen) atoms. The van der Waals surface area contributed by atoms with Gasteiger partial charge in [-0.3, -0.25) is 9.59 Å². The molecule has 3 rings (SSSR count). The van der Waals surface area contributed by atoms with Gasteiger partial charge in [-0.25, -0.2) is 0 Å². The third-order valence-electron chi connectivity index (χ3n) is 4.78.